The smallest absolute Gasteiger partial charge is 0.205 e. The molecule has 20 heavy (non-hydrogen) atoms. The second-order valence-electron chi connectivity index (χ2n) is 4.72. The predicted molar refractivity (Wildman–Crippen MR) is 85.8 cm³/mol. The van der Waals surface area contributed by atoms with Crippen molar-refractivity contribution in [2.75, 3.05) is 11.9 Å². The molecule has 0 N–H and O–H groups in total. The first-order valence-electron chi connectivity index (χ1n) is 6.42. The normalized spacial score (nSPS) is 25.8. The SMILES string of the molecule is BrC[C@]1(c2ccc(Br)cc2)OC[C@H](c2ccccc2)O1. The number of alkyl halides is 1. The quantitative estimate of drug-likeness (QED) is 0.693. The molecular weight excluding hydrogens is 384 g/mol. The molecule has 0 aliphatic carbocycles. The zero-order valence-corrected chi connectivity index (χ0v) is 13.9. The lowest BCUT2D eigenvalue weighted by atomic mass is 10.1. The summed E-state index contributed by atoms with van der Waals surface area (Å²) < 4.78 is 13.3. The van der Waals surface area contributed by atoms with Crippen molar-refractivity contribution in [2.45, 2.75) is 11.9 Å². The van der Waals surface area contributed by atoms with Crippen LogP contribution >= 0.6 is 31.9 Å². The maximum absolute atomic E-state index is 6.23. The molecule has 0 aromatic heterocycles. The van der Waals surface area contributed by atoms with Gasteiger partial charge in [0.25, 0.3) is 0 Å². The molecule has 3 rings (SSSR count). The molecule has 104 valence electrons. The van der Waals surface area contributed by atoms with Crippen molar-refractivity contribution < 1.29 is 9.47 Å². The molecule has 0 unspecified atom stereocenters. The van der Waals surface area contributed by atoms with Gasteiger partial charge in [0, 0.05) is 10.0 Å². The van der Waals surface area contributed by atoms with Crippen molar-refractivity contribution in [1.82, 2.24) is 0 Å². The van der Waals surface area contributed by atoms with E-state index < -0.39 is 5.79 Å². The summed E-state index contributed by atoms with van der Waals surface area (Å²) in [4.78, 5) is 0. The van der Waals surface area contributed by atoms with Crippen molar-refractivity contribution in [3.63, 3.8) is 0 Å². The summed E-state index contributed by atoms with van der Waals surface area (Å²) in [6, 6.07) is 18.2. The van der Waals surface area contributed by atoms with E-state index in [-0.39, 0.29) is 6.10 Å². The topological polar surface area (TPSA) is 18.5 Å². The first-order valence-corrected chi connectivity index (χ1v) is 8.34. The summed E-state index contributed by atoms with van der Waals surface area (Å²) in [5.74, 6) is -0.707. The summed E-state index contributed by atoms with van der Waals surface area (Å²) in [6.07, 6.45) is -0.0302. The number of hydrogen-bond donors (Lipinski definition) is 0. The van der Waals surface area contributed by atoms with E-state index >= 15 is 0 Å². The van der Waals surface area contributed by atoms with Crippen LogP contribution in [0.25, 0.3) is 0 Å². The minimum atomic E-state index is -0.707. The highest BCUT2D eigenvalue weighted by molar-refractivity contribution is 9.10. The van der Waals surface area contributed by atoms with Gasteiger partial charge in [-0.2, -0.15) is 0 Å². The lowest BCUT2D eigenvalue weighted by molar-refractivity contribution is -0.157. The highest BCUT2D eigenvalue weighted by Crippen LogP contribution is 2.41. The summed E-state index contributed by atoms with van der Waals surface area (Å²) in [7, 11) is 0. The average molecular weight is 398 g/mol. The molecule has 2 nitrogen and oxygen atoms in total. The molecule has 1 saturated heterocycles. The molecule has 2 atom stereocenters. The Morgan fingerprint density at radius 1 is 1.05 bits per heavy atom. The summed E-state index contributed by atoms with van der Waals surface area (Å²) in [6.45, 7) is 0.561. The number of hydrogen-bond acceptors (Lipinski definition) is 2. The number of rotatable bonds is 3. The Bertz CT molecular complexity index is 571. The Morgan fingerprint density at radius 3 is 2.40 bits per heavy atom. The van der Waals surface area contributed by atoms with Gasteiger partial charge in [-0.1, -0.05) is 74.3 Å². The van der Waals surface area contributed by atoms with Gasteiger partial charge in [-0.05, 0) is 17.7 Å². The number of halogens is 2. The molecule has 0 radical (unpaired) electrons. The summed E-state index contributed by atoms with van der Waals surface area (Å²) in [5, 5.41) is 0.602. The fourth-order valence-corrected chi connectivity index (χ4v) is 3.22. The molecule has 0 spiro atoms. The monoisotopic (exact) mass is 396 g/mol. The van der Waals surface area contributed by atoms with Crippen LogP contribution in [-0.2, 0) is 15.3 Å². The van der Waals surface area contributed by atoms with Gasteiger partial charge < -0.3 is 9.47 Å². The molecule has 1 fully saturated rings. The van der Waals surface area contributed by atoms with E-state index in [0.29, 0.717) is 11.9 Å². The highest BCUT2D eigenvalue weighted by atomic mass is 79.9. The van der Waals surface area contributed by atoms with Gasteiger partial charge in [-0.15, -0.1) is 0 Å². The van der Waals surface area contributed by atoms with Crippen LogP contribution in [0.1, 0.15) is 17.2 Å². The molecule has 1 heterocycles. The Morgan fingerprint density at radius 2 is 1.75 bits per heavy atom. The van der Waals surface area contributed by atoms with Crippen LogP contribution in [0.5, 0.6) is 0 Å². The third-order valence-corrected chi connectivity index (χ3v) is 4.70. The van der Waals surface area contributed by atoms with E-state index in [1.807, 2.05) is 42.5 Å². The van der Waals surface area contributed by atoms with Gasteiger partial charge in [-0.25, -0.2) is 0 Å². The minimum absolute atomic E-state index is 0.0302. The standard InChI is InChI=1S/C16H14Br2O2/c17-11-16(13-6-8-14(18)9-7-13)19-10-15(20-16)12-4-2-1-3-5-12/h1-9,15H,10-11H2/t15-,16+/m1/s1. The van der Waals surface area contributed by atoms with Crippen LogP contribution in [0.2, 0.25) is 0 Å². The maximum atomic E-state index is 6.23. The van der Waals surface area contributed by atoms with E-state index in [1.54, 1.807) is 0 Å². The van der Waals surface area contributed by atoms with Crippen LogP contribution in [0, 0.1) is 0 Å². The second-order valence-corrected chi connectivity index (χ2v) is 6.20. The largest absolute Gasteiger partial charge is 0.342 e. The average Bonchev–Trinajstić information content (AvgIpc) is 2.95. The number of ether oxygens (including phenoxy) is 2. The molecule has 2 aromatic rings. The van der Waals surface area contributed by atoms with Gasteiger partial charge in [0.1, 0.15) is 6.10 Å². The van der Waals surface area contributed by atoms with Gasteiger partial charge in [-0.3, -0.25) is 0 Å². The van der Waals surface area contributed by atoms with E-state index in [0.717, 1.165) is 15.6 Å². The van der Waals surface area contributed by atoms with Crippen molar-refractivity contribution in [3.8, 4) is 0 Å². The van der Waals surface area contributed by atoms with Gasteiger partial charge in [0.2, 0.25) is 5.79 Å². The molecule has 1 aliphatic heterocycles. The van der Waals surface area contributed by atoms with Crippen molar-refractivity contribution in [1.29, 1.82) is 0 Å². The molecule has 0 saturated carbocycles. The molecule has 0 bridgehead atoms. The van der Waals surface area contributed by atoms with E-state index in [1.165, 1.54) is 0 Å². The first kappa shape index (κ1) is 14.3. The lowest BCUT2D eigenvalue weighted by Gasteiger charge is -2.26. The van der Waals surface area contributed by atoms with E-state index in [9.17, 15) is 0 Å². The third-order valence-electron chi connectivity index (χ3n) is 3.43. The van der Waals surface area contributed by atoms with Gasteiger partial charge in [0.15, 0.2) is 0 Å². The van der Waals surface area contributed by atoms with Crippen LogP contribution in [0.3, 0.4) is 0 Å². The van der Waals surface area contributed by atoms with Crippen molar-refractivity contribution in [2.24, 2.45) is 0 Å². The summed E-state index contributed by atoms with van der Waals surface area (Å²) >= 11 is 6.98. The van der Waals surface area contributed by atoms with Crippen molar-refractivity contribution >= 4 is 31.9 Å². The van der Waals surface area contributed by atoms with E-state index in [4.69, 9.17) is 9.47 Å². The lowest BCUT2D eigenvalue weighted by Crippen LogP contribution is -2.29. The highest BCUT2D eigenvalue weighted by Gasteiger charge is 2.42. The van der Waals surface area contributed by atoms with Gasteiger partial charge >= 0.3 is 0 Å². The van der Waals surface area contributed by atoms with Crippen LogP contribution in [0.4, 0.5) is 0 Å². The predicted octanol–water partition coefficient (Wildman–Crippen LogP) is 4.78. The molecule has 4 heteroatoms. The van der Waals surface area contributed by atoms with Gasteiger partial charge in [0.05, 0.1) is 11.9 Å². The molecule has 2 aromatic carbocycles. The second kappa shape index (κ2) is 5.98. The zero-order chi connectivity index (χ0) is 14.0. The molecule has 0 amide bonds. The van der Waals surface area contributed by atoms with E-state index in [2.05, 4.69) is 44.0 Å². The Balaban J connectivity index is 1.87. The zero-order valence-electron chi connectivity index (χ0n) is 10.8. The minimum Gasteiger partial charge on any atom is -0.342 e. The van der Waals surface area contributed by atoms with Crippen LogP contribution < -0.4 is 0 Å². The fourth-order valence-electron chi connectivity index (χ4n) is 2.34. The Kier molecular flexibility index (Phi) is 4.26. The molecule has 1 aliphatic rings. The van der Waals surface area contributed by atoms with Crippen LogP contribution in [-0.4, -0.2) is 11.9 Å². The number of benzene rings is 2. The third kappa shape index (κ3) is 2.70. The summed E-state index contributed by atoms with van der Waals surface area (Å²) in [5.41, 5.74) is 2.17. The Hall–Kier alpha value is -0.680. The van der Waals surface area contributed by atoms with Crippen LogP contribution in [0.15, 0.2) is 59.1 Å². The molecular formula is C16H14Br2O2. The first-order chi connectivity index (χ1) is 9.73. The van der Waals surface area contributed by atoms with Crippen molar-refractivity contribution in [3.05, 3.63) is 70.2 Å². The fraction of sp³-hybridized carbons (Fsp3) is 0.250. The Labute approximate surface area is 135 Å². The maximum Gasteiger partial charge on any atom is 0.205 e.